The highest BCUT2D eigenvalue weighted by molar-refractivity contribution is 9.10. The summed E-state index contributed by atoms with van der Waals surface area (Å²) < 4.78 is 54.9. The van der Waals surface area contributed by atoms with Crippen molar-refractivity contribution in [2.24, 2.45) is 0 Å². The molecule has 102 valence electrons. The number of alkyl halides is 3. The monoisotopic (exact) mass is 338 g/mol. The van der Waals surface area contributed by atoms with Crippen molar-refractivity contribution in [2.45, 2.75) is 12.7 Å². The van der Waals surface area contributed by atoms with Crippen molar-refractivity contribution >= 4 is 21.7 Å². The Morgan fingerprint density at radius 1 is 1.26 bits per heavy atom. The van der Waals surface area contributed by atoms with E-state index in [-0.39, 0.29) is 12.4 Å². The fraction of sp³-hybridized carbons (Fsp3) is 0.182. The summed E-state index contributed by atoms with van der Waals surface area (Å²) in [5.74, 6) is -1.78. The lowest BCUT2D eigenvalue weighted by Gasteiger charge is -2.04. The maximum Gasteiger partial charge on any atom is 0.452 e. The average molecular weight is 339 g/mol. The zero-order valence-electron chi connectivity index (χ0n) is 9.26. The van der Waals surface area contributed by atoms with Crippen LogP contribution < -0.4 is 5.32 Å². The minimum absolute atomic E-state index is 0.00292. The Kier molecular flexibility index (Phi) is 3.79. The molecule has 1 heterocycles. The van der Waals surface area contributed by atoms with Crippen LogP contribution in [0.4, 0.5) is 23.4 Å². The number of nitrogens with one attached hydrogen (secondary N) is 1. The summed E-state index contributed by atoms with van der Waals surface area (Å²) in [7, 11) is 0. The number of hydrogen-bond acceptors (Lipinski definition) is 3. The molecule has 2 aromatic rings. The van der Waals surface area contributed by atoms with Crippen molar-refractivity contribution in [2.75, 3.05) is 5.32 Å². The highest BCUT2D eigenvalue weighted by atomic mass is 79.9. The smallest absolute Gasteiger partial charge is 0.363 e. The molecule has 2 rings (SSSR count). The summed E-state index contributed by atoms with van der Waals surface area (Å²) >= 11 is 3.10. The highest BCUT2D eigenvalue weighted by Gasteiger charge is 2.36. The molecule has 0 unspecified atom stereocenters. The van der Waals surface area contributed by atoms with Crippen LogP contribution in [0.25, 0.3) is 0 Å². The molecule has 1 N–H and O–H groups in total. The molecule has 0 fully saturated rings. The number of hydrogen-bond donors (Lipinski definition) is 1. The van der Waals surface area contributed by atoms with Crippen molar-refractivity contribution in [1.82, 2.24) is 5.16 Å². The molecule has 0 saturated carbocycles. The van der Waals surface area contributed by atoms with Gasteiger partial charge in [-0.15, -0.1) is 0 Å². The molecule has 1 aromatic carbocycles. The second kappa shape index (κ2) is 5.20. The predicted octanol–water partition coefficient (Wildman–Crippen LogP) is 4.21. The van der Waals surface area contributed by atoms with Crippen LogP contribution in [0, 0.1) is 5.82 Å². The number of anilines is 1. The van der Waals surface area contributed by atoms with E-state index in [9.17, 15) is 17.6 Å². The van der Waals surface area contributed by atoms with E-state index in [1.807, 2.05) is 0 Å². The van der Waals surface area contributed by atoms with Gasteiger partial charge in [-0.3, -0.25) is 0 Å². The van der Waals surface area contributed by atoms with E-state index < -0.39 is 17.8 Å². The van der Waals surface area contributed by atoms with Gasteiger partial charge in [0.15, 0.2) is 5.82 Å². The van der Waals surface area contributed by atoms with Gasteiger partial charge in [0, 0.05) is 22.6 Å². The third-order valence-electron chi connectivity index (χ3n) is 2.26. The Bertz CT molecular complexity index is 582. The van der Waals surface area contributed by atoms with Crippen LogP contribution in [-0.2, 0) is 12.7 Å². The maximum atomic E-state index is 13.5. The van der Waals surface area contributed by atoms with E-state index in [0.717, 1.165) is 6.07 Å². The molecule has 0 aliphatic carbocycles. The molecule has 0 atom stereocenters. The zero-order chi connectivity index (χ0) is 14.0. The number of rotatable bonds is 3. The summed E-state index contributed by atoms with van der Waals surface area (Å²) in [5, 5.41) is 5.76. The van der Waals surface area contributed by atoms with Crippen molar-refractivity contribution in [3.05, 3.63) is 45.9 Å². The highest BCUT2D eigenvalue weighted by Crippen LogP contribution is 2.30. The molecule has 0 radical (unpaired) electrons. The Balaban J connectivity index is 2.04. The standard InChI is InChI=1S/C11H7BrF4N2O/c12-7-2-1-6(8(13)3-7)5-17-10-4-9(19-18-10)11(14,15)16/h1-4H,5H2,(H,17,18). The molecule has 0 aliphatic rings. The Morgan fingerprint density at radius 2 is 2.00 bits per heavy atom. The third-order valence-corrected chi connectivity index (χ3v) is 2.76. The molecule has 3 nitrogen and oxygen atoms in total. The van der Waals surface area contributed by atoms with Crippen molar-refractivity contribution < 1.29 is 22.1 Å². The lowest BCUT2D eigenvalue weighted by molar-refractivity contribution is -0.155. The molecular weight excluding hydrogens is 332 g/mol. The van der Waals surface area contributed by atoms with Gasteiger partial charge in [-0.2, -0.15) is 13.2 Å². The number of benzene rings is 1. The summed E-state index contributed by atoms with van der Waals surface area (Å²) in [6.45, 7) is 0.00292. The summed E-state index contributed by atoms with van der Waals surface area (Å²) in [6.07, 6.45) is -4.59. The van der Waals surface area contributed by atoms with E-state index in [0.29, 0.717) is 10.0 Å². The maximum absolute atomic E-state index is 13.5. The van der Waals surface area contributed by atoms with Crippen LogP contribution in [0.3, 0.4) is 0 Å². The molecule has 8 heteroatoms. The quantitative estimate of drug-likeness (QED) is 0.852. The Labute approximate surface area is 113 Å². The van der Waals surface area contributed by atoms with E-state index in [1.165, 1.54) is 12.1 Å². The SMILES string of the molecule is Fc1cc(Br)ccc1CNc1cc(C(F)(F)F)on1. The first-order chi connectivity index (χ1) is 8.86. The van der Waals surface area contributed by atoms with Crippen LogP contribution in [0.1, 0.15) is 11.3 Å². The van der Waals surface area contributed by atoms with Crippen molar-refractivity contribution in [3.8, 4) is 0 Å². The van der Waals surface area contributed by atoms with E-state index in [1.54, 1.807) is 6.07 Å². The van der Waals surface area contributed by atoms with Gasteiger partial charge < -0.3 is 9.84 Å². The van der Waals surface area contributed by atoms with Gasteiger partial charge in [0.05, 0.1) is 0 Å². The molecule has 0 spiro atoms. The first-order valence-electron chi connectivity index (χ1n) is 5.08. The van der Waals surface area contributed by atoms with Crippen LogP contribution in [0.5, 0.6) is 0 Å². The van der Waals surface area contributed by atoms with Gasteiger partial charge in [0.1, 0.15) is 5.82 Å². The van der Waals surface area contributed by atoms with E-state index in [2.05, 4.69) is 30.9 Å². The molecule has 1 aromatic heterocycles. The molecule has 19 heavy (non-hydrogen) atoms. The fourth-order valence-electron chi connectivity index (χ4n) is 1.34. The summed E-state index contributed by atoms with van der Waals surface area (Å²) in [5.41, 5.74) is 0.305. The first kappa shape index (κ1) is 13.9. The lowest BCUT2D eigenvalue weighted by Crippen LogP contribution is -2.03. The number of nitrogens with zero attached hydrogens (tertiary/aromatic N) is 1. The number of halogens is 5. The van der Waals surface area contributed by atoms with E-state index in [4.69, 9.17) is 0 Å². The van der Waals surface area contributed by atoms with Crippen LogP contribution in [0.2, 0.25) is 0 Å². The molecule has 0 saturated heterocycles. The van der Waals surface area contributed by atoms with Gasteiger partial charge in [-0.1, -0.05) is 27.2 Å². The molecule has 0 amide bonds. The van der Waals surface area contributed by atoms with Crippen LogP contribution >= 0.6 is 15.9 Å². The second-order valence-electron chi connectivity index (χ2n) is 3.66. The van der Waals surface area contributed by atoms with Crippen LogP contribution in [-0.4, -0.2) is 5.16 Å². The predicted molar refractivity (Wildman–Crippen MR) is 62.9 cm³/mol. The lowest BCUT2D eigenvalue weighted by atomic mass is 10.2. The Morgan fingerprint density at radius 3 is 2.58 bits per heavy atom. The van der Waals surface area contributed by atoms with Gasteiger partial charge >= 0.3 is 6.18 Å². The van der Waals surface area contributed by atoms with Crippen LogP contribution in [0.15, 0.2) is 33.3 Å². The van der Waals surface area contributed by atoms with Gasteiger partial charge in [-0.25, -0.2) is 4.39 Å². The third kappa shape index (κ3) is 3.46. The normalized spacial score (nSPS) is 11.6. The first-order valence-corrected chi connectivity index (χ1v) is 5.87. The molecule has 0 bridgehead atoms. The minimum Gasteiger partial charge on any atom is -0.363 e. The number of aromatic nitrogens is 1. The van der Waals surface area contributed by atoms with E-state index >= 15 is 0 Å². The average Bonchev–Trinajstić information content (AvgIpc) is 2.76. The summed E-state index contributed by atoms with van der Waals surface area (Å²) in [6, 6.07) is 5.12. The van der Waals surface area contributed by atoms with Gasteiger partial charge in [-0.05, 0) is 12.1 Å². The minimum atomic E-state index is -4.59. The van der Waals surface area contributed by atoms with Gasteiger partial charge in [0.25, 0.3) is 0 Å². The second-order valence-corrected chi connectivity index (χ2v) is 4.58. The summed E-state index contributed by atoms with van der Waals surface area (Å²) in [4.78, 5) is 0. The van der Waals surface area contributed by atoms with Gasteiger partial charge in [0.2, 0.25) is 5.76 Å². The largest absolute Gasteiger partial charge is 0.452 e. The van der Waals surface area contributed by atoms with Crippen molar-refractivity contribution in [1.29, 1.82) is 0 Å². The molecule has 0 aliphatic heterocycles. The topological polar surface area (TPSA) is 38.1 Å². The fourth-order valence-corrected chi connectivity index (χ4v) is 1.68. The van der Waals surface area contributed by atoms with Crippen molar-refractivity contribution in [3.63, 3.8) is 0 Å². The molecular formula is C11H7BrF4N2O. The Hall–Kier alpha value is -1.57. The zero-order valence-corrected chi connectivity index (χ0v) is 10.8.